The van der Waals surface area contributed by atoms with Crippen LogP contribution in [0, 0.1) is 12.8 Å². The van der Waals surface area contributed by atoms with Gasteiger partial charge >= 0.3 is 0 Å². The van der Waals surface area contributed by atoms with Crippen molar-refractivity contribution < 1.29 is 14.9 Å². The summed E-state index contributed by atoms with van der Waals surface area (Å²) in [5.74, 6) is 1.07. The van der Waals surface area contributed by atoms with Crippen LogP contribution in [0.3, 0.4) is 0 Å². The smallest absolute Gasteiger partial charge is 0.121 e. The molecule has 3 atom stereocenters. The minimum atomic E-state index is -0.613. The van der Waals surface area contributed by atoms with E-state index in [4.69, 9.17) is 4.74 Å². The quantitative estimate of drug-likeness (QED) is 0.715. The van der Waals surface area contributed by atoms with Gasteiger partial charge in [0.25, 0.3) is 0 Å². The molecule has 0 bridgehead atoms. The number of hydrogen-bond acceptors (Lipinski definition) is 4. The van der Waals surface area contributed by atoms with E-state index in [1.54, 1.807) is 14.0 Å². The summed E-state index contributed by atoms with van der Waals surface area (Å²) in [5, 5.41) is 23.2. The number of aryl methyl sites for hydroxylation is 1. The van der Waals surface area contributed by atoms with E-state index in [2.05, 4.69) is 19.2 Å². The van der Waals surface area contributed by atoms with Gasteiger partial charge in [0.05, 0.1) is 19.3 Å². The van der Waals surface area contributed by atoms with Gasteiger partial charge < -0.3 is 20.3 Å². The molecule has 0 spiro atoms. The van der Waals surface area contributed by atoms with Gasteiger partial charge in [-0.05, 0) is 43.0 Å². The Kier molecular flexibility index (Phi) is 6.46. The van der Waals surface area contributed by atoms with Crippen LogP contribution in [0.4, 0.5) is 0 Å². The third-order valence-corrected chi connectivity index (χ3v) is 3.47. The molecule has 1 aromatic carbocycles. The number of hydrogen-bond donors (Lipinski definition) is 3. The highest BCUT2D eigenvalue weighted by Crippen LogP contribution is 2.26. The Bertz CT molecular complexity index is 418. The van der Waals surface area contributed by atoms with E-state index >= 15 is 0 Å². The van der Waals surface area contributed by atoms with Gasteiger partial charge in [-0.3, -0.25) is 0 Å². The summed E-state index contributed by atoms with van der Waals surface area (Å²) in [4.78, 5) is 0. The monoisotopic (exact) mass is 281 g/mol. The summed E-state index contributed by atoms with van der Waals surface area (Å²) in [5.41, 5.74) is 1.86. The van der Waals surface area contributed by atoms with Crippen molar-refractivity contribution in [3.63, 3.8) is 0 Å². The number of methoxy groups -OCH3 is 1. The minimum absolute atomic E-state index is 0.0996. The van der Waals surface area contributed by atoms with Gasteiger partial charge in [0.2, 0.25) is 0 Å². The van der Waals surface area contributed by atoms with Crippen LogP contribution < -0.4 is 10.1 Å². The van der Waals surface area contributed by atoms with Crippen LogP contribution in [-0.2, 0) is 0 Å². The average Bonchev–Trinajstić information content (AvgIpc) is 2.37. The van der Waals surface area contributed by atoms with Crippen molar-refractivity contribution in [3.8, 4) is 5.75 Å². The number of nitrogens with one attached hydrogen (secondary N) is 1. The molecule has 0 heterocycles. The lowest BCUT2D eigenvalue weighted by Gasteiger charge is -2.29. The van der Waals surface area contributed by atoms with Gasteiger partial charge in [-0.2, -0.15) is 0 Å². The van der Waals surface area contributed by atoms with Crippen LogP contribution in [-0.4, -0.2) is 36.0 Å². The highest BCUT2D eigenvalue weighted by atomic mass is 16.5. The average molecular weight is 281 g/mol. The Labute approximate surface area is 121 Å². The lowest BCUT2D eigenvalue weighted by atomic mass is 9.92. The normalized spacial score (nSPS) is 16.0. The number of aliphatic hydroxyl groups is 2. The molecular formula is C16H27NO3. The maximum absolute atomic E-state index is 10.6. The molecule has 0 radical (unpaired) electrons. The second-order valence-corrected chi connectivity index (χ2v) is 5.70. The van der Waals surface area contributed by atoms with Gasteiger partial charge in [-0.25, -0.2) is 0 Å². The lowest BCUT2D eigenvalue weighted by molar-refractivity contribution is 0.0930. The second kappa shape index (κ2) is 7.62. The van der Waals surface area contributed by atoms with E-state index in [0.717, 1.165) is 16.9 Å². The van der Waals surface area contributed by atoms with Crippen molar-refractivity contribution in [3.05, 3.63) is 29.3 Å². The van der Waals surface area contributed by atoms with Crippen molar-refractivity contribution in [1.29, 1.82) is 0 Å². The molecule has 1 rings (SSSR count). The molecule has 0 saturated carbocycles. The fourth-order valence-corrected chi connectivity index (χ4v) is 2.31. The molecular weight excluding hydrogens is 254 g/mol. The molecule has 4 heteroatoms. The third kappa shape index (κ3) is 4.47. The number of rotatable bonds is 7. The SMILES string of the molecule is COc1ccc(C(O)C(NCC(C)O)C(C)C)cc1C. The summed E-state index contributed by atoms with van der Waals surface area (Å²) in [6.07, 6.45) is -1.04. The first-order valence-electron chi connectivity index (χ1n) is 7.10. The van der Waals surface area contributed by atoms with Crippen molar-refractivity contribution in [2.24, 2.45) is 5.92 Å². The van der Waals surface area contributed by atoms with Crippen LogP contribution in [0.1, 0.15) is 38.0 Å². The topological polar surface area (TPSA) is 61.7 Å². The maximum atomic E-state index is 10.6. The van der Waals surface area contributed by atoms with Crippen LogP contribution >= 0.6 is 0 Å². The predicted octanol–water partition coefficient (Wildman–Crippen LogP) is 2.03. The van der Waals surface area contributed by atoms with Gasteiger partial charge in [-0.1, -0.05) is 19.9 Å². The third-order valence-electron chi connectivity index (χ3n) is 3.47. The van der Waals surface area contributed by atoms with Crippen molar-refractivity contribution >= 4 is 0 Å². The first-order chi connectivity index (χ1) is 9.36. The molecule has 20 heavy (non-hydrogen) atoms. The molecule has 0 aliphatic rings. The van der Waals surface area contributed by atoms with Gasteiger partial charge in [0, 0.05) is 12.6 Å². The van der Waals surface area contributed by atoms with Crippen molar-refractivity contribution in [2.75, 3.05) is 13.7 Å². The van der Waals surface area contributed by atoms with E-state index in [1.807, 2.05) is 25.1 Å². The molecule has 0 aliphatic carbocycles. The van der Waals surface area contributed by atoms with E-state index in [1.165, 1.54) is 0 Å². The Morgan fingerprint density at radius 1 is 1.20 bits per heavy atom. The maximum Gasteiger partial charge on any atom is 0.121 e. The van der Waals surface area contributed by atoms with E-state index < -0.39 is 12.2 Å². The Balaban J connectivity index is 2.88. The fourth-order valence-electron chi connectivity index (χ4n) is 2.31. The summed E-state index contributed by atoms with van der Waals surface area (Å²) < 4.78 is 5.24. The first-order valence-corrected chi connectivity index (χ1v) is 7.10. The lowest BCUT2D eigenvalue weighted by Crippen LogP contribution is -2.42. The predicted molar refractivity (Wildman–Crippen MR) is 81.0 cm³/mol. The standard InChI is InChI=1S/C16H27NO3/c1-10(2)15(17-9-12(4)18)16(19)13-6-7-14(20-5)11(3)8-13/h6-8,10,12,15-19H,9H2,1-5H3. The van der Waals surface area contributed by atoms with Crippen LogP contribution in [0.25, 0.3) is 0 Å². The van der Waals surface area contributed by atoms with Gasteiger partial charge in [0.1, 0.15) is 5.75 Å². The minimum Gasteiger partial charge on any atom is -0.496 e. The molecule has 0 saturated heterocycles. The molecule has 3 unspecified atom stereocenters. The molecule has 0 fully saturated rings. The number of aliphatic hydroxyl groups excluding tert-OH is 2. The molecule has 0 amide bonds. The zero-order valence-corrected chi connectivity index (χ0v) is 13.1. The van der Waals surface area contributed by atoms with E-state index in [0.29, 0.717) is 6.54 Å². The number of ether oxygens (including phenoxy) is 1. The van der Waals surface area contributed by atoms with E-state index in [-0.39, 0.29) is 12.0 Å². The Morgan fingerprint density at radius 2 is 1.85 bits per heavy atom. The molecule has 1 aromatic rings. The van der Waals surface area contributed by atoms with Gasteiger partial charge in [-0.15, -0.1) is 0 Å². The Morgan fingerprint density at radius 3 is 2.30 bits per heavy atom. The first kappa shape index (κ1) is 17.0. The molecule has 114 valence electrons. The highest BCUT2D eigenvalue weighted by Gasteiger charge is 2.24. The van der Waals surface area contributed by atoms with Crippen molar-refractivity contribution in [2.45, 2.75) is 45.9 Å². The summed E-state index contributed by atoms with van der Waals surface area (Å²) in [6, 6.07) is 5.61. The zero-order chi connectivity index (χ0) is 15.3. The fraction of sp³-hybridized carbons (Fsp3) is 0.625. The summed E-state index contributed by atoms with van der Waals surface area (Å²) in [6.45, 7) is 8.27. The van der Waals surface area contributed by atoms with Crippen molar-refractivity contribution in [1.82, 2.24) is 5.32 Å². The van der Waals surface area contributed by atoms with E-state index in [9.17, 15) is 10.2 Å². The summed E-state index contributed by atoms with van der Waals surface area (Å²) >= 11 is 0. The molecule has 4 nitrogen and oxygen atoms in total. The molecule has 0 aliphatic heterocycles. The zero-order valence-electron chi connectivity index (χ0n) is 13.1. The number of benzene rings is 1. The highest BCUT2D eigenvalue weighted by molar-refractivity contribution is 5.37. The summed E-state index contributed by atoms with van der Waals surface area (Å²) in [7, 11) is 1.64. The molecule has 0 aromatic heterocycles. The largest absolute Gasteiger partial charge is 0.496 e. The second-order valence-electron chi connectivity index (χ2n) is 5.70. The van der Waals surface area contributed by atoms with Crippen LogP contribution in [0.5, 0.6) is 5.75 Å². The Hall–Kier alpha value is -1.10. The van der Waals surface area contributed by atoms with Gasteiger partial charge in [0.15, 0.2) is 0 Å². The van der Waals surface area contributed by atoms with Crippen LogP contribution in [0.15, 0.2) is 18.2 Å². The molecule has 3 N–H and O–H groups in total. The van der Waals surface area contributed by atoms with Crippen LogP contribution in [0.2, 0.25) is 0 Å².